The molecule has 1 aliphatic rings. The van der Waals surface area contributed by atoms with Crippen LogP contribution in [-0.4, -0.2) is 60.1 Å². The van der Waals surface area contributed by atoms with Crippen LogP contribution in [0.4, 0.5) is 11.4 Å². The lowest BCUT2D eigenvalue weighted by Crippen LogP contribution is -2.36. The van der Waals surface area contributed by atoms with Crippen LogP contribution >= 0.6 is 27.5 Å². The molecule has 0 aliphatic carbocycles. The number of ether oxygens (including phenoxy) is 3. The van der Waals surface area contributed by atoms with Gasteiger partial charge in [-0.3, -0.25) is 0 Å². The van der Waals surface area contributed by atoms with Gasteiger partial charge in [0.15, 0.2) is 0 Å². The number of hydrogen-bond donors (Lipinski definition) is 4. The highest BCUT2D eigenvalue weighted by molar-refractivity contribution is 9.10. The Hall–Kier alpha value is -3.71. The van der Waals surface area contributed by atoms with Crippen LogP contribution in [0.1, 0.15) is 49.3 Å². The first-order valence-electron chi connectivity index (χ1n) is 17.3. The van der Waals surface area contributed by atoms with E-state index < -0.39 is 0 Å². The van der Waals surface area contributed by atoms with Gasteiger partial charge < -0.3 is 40.4 Å². The molecule has 4 aromatic rings. The Morgan fingerprint density at radius 2 is 1.78 bits per heavy atom. The van der Waals surface area contributed by atoms with E-state index in [0.717, 1.165) is 83.4 Å². The molecule has 0 amide bonds. The molecule has 10 nitrogen and oxygen atoms in total. The first kappa shape index (κ1) is 38.5. The van der Waals surface area contributed by atoms with Gasteiger partial charge in [-0.05, 0) is 93.8 Å². The minimum atomic E-state index is -0.160. The predicted molar refractivity (Wildman–Crippen MR) is 206 cm³/mol. The summed E-state index contributed by atoms with van der Waals surface area (Å²) >= 11 is 10.6. The van der Waals surface area contributed by atoms with Gasteiger partial charge >= 0.3 is 0 Å². The molecule has 0 radical (unpaired) electrons. The van der Waals surface area contributed by atoms with Crippen LogP contribution in [0.5, 0.6) is 17.2 Å². The van der Waals surface area contributed by atoms with Crippen molar-refractivity contribution in [1.82, 2.24) is 10.2 Å². The summed E-state index contributed by atoms with van der Waals surface area (Å²) in [5, 5.41) is 26.1. The molecule has 1 heterocycles. The fourth-order valence-electron chi connectivity index (χ4n) is 5.93. The number of aliphatic hydroxyl groups is 2. The third-order valence-corrected chi connectivity index (χ3v) is 10.3. The molecule has 51 heavy (non-hydrogen) atoms. The summed E-state index contributed by atoms with van der Waals surface area (Å²) in [6.07, 6.45) is 3.21. The molecule has 5 N–H and O–H groups in total. The van der Waals surface area contributed by atoms with Gasteiger partial charge in [-0.2, -0.15) is 0 Å². The predicted octanol–water partition coefficient (Wildman–Crippen LogP) is 7.99. The number of rotatable bonds is 18. The molecule has 1 fully saturated rings. The van der Waals surface area contributed by atoms with Crippen LogP contribution in [0.25, 0.3) is 11.1 Å². The van der Waals surface area contributed by atoms with Gasteiger partial charge in [0, 0.05) is 53.9 Å². The summed E-state index contributed by atoms with van der Waals surface area (Å²) in [5.74, 6) is 1.83. The zero-order chi connectivity index (χ0) is 36.2. The number of halogens is 2. The number of piperidine rings is 1. The second kappa shape index (κ2) is 19.2. The second-order valence-electron chi connectivity index (χ2n) is 12.7. The molecule has 5 rings (SSSR count). The van der Waals surface area contributed by atoms with Gasteiger partial charge in [0.25, 0.3) is 0 Å². The molecule has 4 aromatic carbocycles. The maximum absolute atomic E-state index is 11.0. The molecule has 0 unspecified atom stereocenters. The Morgan fingerprint density at radius 3 is 2.53 bits per heavy atom. The van der Waals surface area contributed by atoms with E-state index in [1.54, 1.807) is 24.3 Å². The van der Waals surface area contributed by atoms with E-state index in [9.17, 15) is 15.1 Å². The number of nitroso groups, excluding NO2 is 1. The van der Waals surface area contributed by atoms with Gasteiger partial charge in [-0.1, -0.05) is 54.9 Å². The molecular weight excluding hydrogens is 736 g/mol. The largest absolute Gasteiger partial charge is 0.494 e. The van der Waals surface area contributed by atoms with Crippen LogP contribution in [0.15, 0.2) is 82.4 Å². The highest BCUT2D eigenvalue weighted by Gasteiger charge is 2.17. The first-order valence-corrected chi connectivity index (χ1v) is 18.5. The van der Waals surface area contributed by atoms with Crippen molar-refractivity contribution in [3.63, 3.8) is 0 Å². The van der Waals surface area contributed by atoms with Gasteiger partial charge in [0.2, 0.25) is 0 Å². The van der Waals surface area contributed by atoms with Gasteiger partial charge in [0.1, 0.15) is 36.1 Å². The molecule has 0 spiro atoms. The topological polar surface area (TPSA) is 139 Å². The van der Waals surface area contributed by atoms with E-state index in [-0.39, 0.29) is 43.3 Å². The van der Waals surface area contributed by atoms with Gasteiger partial charge in [0.05, 0.1) is 30.0 Å². The van der Waals surface area contributed by atoms with Crippen LogP contribution in [-0.2, 0) is 19.8 Å². The second-order valence-corrected chi connectivity index (χ2v) is 13.9. The van der Waals surface area contributed by atoms with Crippen molar-refractivity contribution in [2.24, 2.45) is 5.18 Å². The first-order chi connectivity index (χ1) is 24.8. The quantitative estimate of drug-likeness (QED) is 0.0450. The SMILES string of the molecule is CC[C@@H](CO)NCc1cc(Cl)c(OCc2cccc(-c3cccc(OCCCN4CCC(O)CC4)c3)c2Br)cc1OCc1ccc(N=O)c(N)c1. The van der Waals surface area contributed by atoms with E-state index in [2.05, 4.69) is 43.5 Å². The number of nitrogens with two attached hydrogens (primary N) is 1. The molecule has 12 heteroatoms. The lowest BCUT2D eigenvalue weighted by atomic mass is 10.0. The smallest absolute Gasteiger partial charge is 0.142 e. The fraction of sp³-hybridized carbons (Fsp3) is 0.385. The molecule has 0 aromatic heterocycles. The number of nitrogens with zero attached hydrogens (tertiary/aromatic N) is 2. The van der Waals surface area contributed by atoms with E-state index in [0.29, 0.717) is 29.7 Å². The minimum Gasteiger partial charge on any atom is -0.494 e. The van der Waals surface area contributed by atoms with Crippen molar-refractivity contribution in [1.29, 1.82) is 0 Å². The lowest BCUT2D eigenvalue weighted by Gasteiger charge is -2.29. The summed E-state index contributed by atoms with van der Waals surface area (Å²) in [5.41, 5.74) is 10.9. The standard InChI is InChI=1S/C39H46BrClN4O6/c1-2-30(23-46)43-22-29-20-34(41)38(21-37(29)50-24-26-10-11-36(44-48)35(42)18-26)51-25-28-7-4-9-33(39(28)40)27-6-3-8-32(19-27)49-17-5-14-45-15-12-31(47)13-16-45/h3-4,6-11,18-21,30-31,43,46-47H,2,5,12-17,22-25,42H2,1H3/t30-/m0/s1. The fourth-order valence-corrected chi connectivity index (χ4v) is 6.78. The van der Waals surface area contributed by atoms with Crippen molar-refractivity contribution < 1.29 is 24.4 Å². The van der Waals surface area contributed by atoms with E-state index >= 15 is 0 Å². The third kappa shape index (κ3) is 10.9. The van der Waals surface area contributed by atoms with Crippen molar-refractivity contribution in [3.05, 3.63) is 104 Å². The summed E-state index contributed by atoms with van der Waals surface area (Å²) in [6, 6.07) is 22.6. The lowest BCUT2D eigenvalue weighted by molar-refractivity contribution is 0.0800. The molecule has 0 saturated carbocycles. The zero-order valence-electron chi connectivity index (χ0n) is 28.8. The van der Waals surface area contributed by atoms with Gasteiger partial charge in [-0.15, -0.1) is 4.91 Å². The molecule has 0 bridgehead atoms. The summed E-state index contributed by atoms with van der Waals surface area (Å²) in [6.45, 7) is 6.32. The monoisotopic (exact) mass is 780 g/mol. The van der Waals surface area contributed by atoms with E-state index in [4.69, 9.17) is 31.5 Å². The Morgan fingerprint density at radius 1 is 1.00 bits per heavy atom. The Balaban J connectivity index is 1.26. The normalized spacial score (nSPS) is 14.3. The summed E-state index contributed by atoms with van der Waals surface area (Å²) in [7, 11) is 0. The number of nitrogens with one attached hydrogen (secondary N) is 1. The van der Waals surface area contributed by atoms with E-state index in [1.807, 2.05) is 43.3 Å². The number of likely N-dealkylation sites (tertiary alicyclic amines) is 1. The van der Waals surface area contributed by atoms with Gasteiger partial charge in [-0.25, -0.2) is 0 Å². The third-order valence-electron chi connectivity index (χ3n) is 9.05. The van der Waals surface area contributed by atoms with Crippen molar-refractivity contribution in [3.8, 4) is 28.4 Å². The Bertz CT molecular complexity index is 1750. The zero-order valence-corrected chi connectivity index (χ0v) is 31.2. The number of benzene rings is 4. The van der Waals surface area contributed by atoms with Crippen LogP contribution in [0.2, 0.25) is 5.02 Å². The highest BCUT2D eigenvalue weighted by atomic mass is 79.9. The molecule has 1 atom stereocenters. The molecule has 1 aliphatic heterocycles. The van der Waals surface area contributed by atoms with Crippen molar-refractivity contribution in [2.45, 2.75) is 64.5 Å². The number of hydrogen-bond acceptors (Lipinski definition) is 10. The average molecular weight is 782 g/mol. The summed E-state index contributed by atoms with van der Waals surface area (Å²) < 4.78 is 19.6. The highest BCUT2D eigenvalue weighted by Crippen LogP contribution is 2.37. The van der Waals surface area contributed by atoms with Crippen LogP contribution in [0.3, 0.4) is 0 Å². The molecular formula is C39H46BrClN4O6. The number of nitrogen functional groups attached to an aromatic ring is 1. The number of anilines is 1. The minimum absolute atomic E-state index is 0.00909. The van der Waals surface area contributed by atoms with Crippen molar-refractivity contribution >= 4 is 38.9 Å². The Labute approximate surface area is 313 Å². The van der Waals surface area contributed by atoms with Crippen LogP contribution < -0.4 is 25.3 Å². The Kier molecular flexibility index (Phi) is 14.5. The maximum Gasteiger partial charge on any atom is 0.142 e. The number of aliphatic hydroxyl groups excluding tert-OH is 2. The molecule has 272 valence electrons. The average Bonchev–Trinajstić information content (AvgIpc) is 3.14. The summed E-state index contributed by atoms with van der Waals surface area (Å²) in [4.78, 5) is 13.3. The van der Waals surface area contributed by atoms with Crippen LogP contribution in [0, 0.1) is 4.91 Å². The molecule has 1 saturated heterocycles. The van der Waals surface area contributed by atoms with Crippen molar-refractivity contribution in [2.75, 3.05) is 38.6 Å². The maximum atomic E-state index is 11.0. The van der Waals surface area contributed by atoms with E-state index in [1.165, 1.54) is 0 Å².